The fourth-order valence-corrected chi connectivity index (χ4v) is 5.36. The Morgan fingerprint density at radius 1 is 1.26 bits per heavy atom. The lowest BCUT2D eigenvalue weighted by Gasteiger charge is -2.34. The molecule has 2 aromatic rings. The van der Waals surface area contributed by atoms with Crippen molar-refractivity contribution in [3.63, 3.8) is 0 Å². The van der Waals surface area contributed by atoms with Crippen LogP contribution in [-0.2, 0) is 23.1 Å². The van der Waals surface area contributed by atoms with Crippen LogP contribution in [0.1, 0.15) is 45.1 Å². The first kappa shape index (κ1) is 18.2. The maximum atomic E-state index is 12.9. The number of benzene rings is 1. The third kappa shape index (κ3) is 2.71. The van der Waals surface area contributed by atoms with Crippen LogP contribution in [0.2, 0.25) is 0 Å². The maximum Gasteiger partial charge on any atom is 0.313 e. The lowest BCUT2D eigenvalue weighted by molar-refractivity contribution is -0.157. The molecule has 4 rings (SSSR count). The molecule has 144 valence electrons. The standard InChI is InChI=1S/C22H28N2O3/c1-4-22(21(26)27-5-2)13-17-10-11-19(22)24(17)14-16-12-15-8-6-7-9-18(15)23(3)20(16)25/h6-9,12,17,19H,4-5,10-11,13-14H2,1-3H3/t17-,19+,22+/m0/s1. The summed E-state index contributed by atoms with van der Waals surface area (Å²) in [5, 5.41) is 1.08. The van der Waals surface area contributed by atoms with Gasteiger partial charge in [0.05, 0.1) is 17.5 Å². The van der Waals surface area contributed by atoms with Gasteiger partial charge >= 0.3 is 5.97 Å². The van der Waals surface area contributed by atoms with Gasteiger partial charge in [0.1, 0.15) is 0 Å². The summed E-state index contributed by atoms with van der Waals surface area (Å²) < 4.78 is 7.18. The number of aromatic nitrogens is 1. The van der Waals surface area contributed by atoms with Gasteiger partial charge < -0.3 is 9.30 Å². The molecule has 0 unspecified atom stereocenters. The highest BCUT2D eigenvalue weighted by Gasteiger charge is 2.59. The van der Waals surface area contributed by atoms with Crippen LogP contribution in [0, 0.1) is 5.41 Å². The van der Waals surface area contributed by atoms with Gasteiger partial charge in [-0.2, -0.15) is 0 Å². The normalized spacial score (nSPS) is 27.4. The van der Waals surface area contributed by atoms with E-state index in [-0.39, 0.29) is 17.6 Å². The zero-order chi connectivity index (χ0) is 19.2. The first-order valence-electron chi connectivity index (χ1n) is 10.0. The highest BCUT2D eigenvalue weighted by atomic mass is 16.5. The number of hydrogen-bond donors (Lipinski definition) is 0. The predicted octanol–water partition coefficient (Wildman–Crippen LogP) is 3.23. The molecule has 0 saturated carbocycles. The van der Waals surface area contributed by atoms with Gasteiger partial charge in [0.15, 0.2) is 0 Å². The van der Waals surface area contributed by atoms with Crippen molar-refractivity contribution in [3.05, 3.63) is 46.2 Å². The number of nitrogens with zero attached hydrogens (tertiary/aromatic N) is 2. The summed E-state index contributed by atoms with van der Waals surface area (Å²) in [6.45, 7) is 4.98. The molecule has 0 radical (unpaired) electrons. The smallest absolute Gasteiger partial charge is 0.313 e. The van der Waals surface area contributed by atoms with Crippen molar-refractivity contribution in [2.45, 2.75) is 58.2 Å². The number of fused-ring (bicyclic) bond motifs is 3. The van der Waals surface area contributed by atoms with Crippen LogP contribution in [0.4, 0.5) is 0 Å². The molecule has 5 nitrogen and oxygen atoms in total. The maximum absolute atomic E-state index is 12.9. The lowest BCUT2D eigenvalue weighted by Crippen LogP contribution is -2.44. The fraction of sp³-hybridized carbons (Fsp3) is 0.545. The molecule has 5 heteroatoms. The molecule has 3 atom stereocenters. The van der Waals surface area contributed by atoms with Gasteiger partial charge in [-0.25, -0.2) is 0 Å². The second kappa shape index (κ2) is 6.79. The molecular weight excluding hydrogens is 340 g/mol. The van der Waals surface area contributed by atoms with Crippen molar-refractivity contribution in [2.24, 2.45) is 12.5 Å². The molecule has 0 N–H and O–H groups in total. The average molecular weight is 368 g/mol. The van der Waals surface area contributed by atoms with E-state index in [1.807, 2.05) is 44.3 Å². The van der Waals surface area contributed by atoms with Gasteiger partial charge in [-0.3, -0.25) is 14.5 Å². The number of ether oxygens (including phenoxy) is 1. The quantitative estimate of drug-likeness (QED) is 0.761. The van der Waals surface area contributed by atoms with E-state index in [9.17, 15) is 9.59 Å². The number of carbonyl (C=O) groups is 1. The number of carbonyl (C=O) groups excluding carboxylic acids is 1. The summed E-state index contributed by atoms with van der Waals surface area (Å²) in [4.78, 5) is 28.1. The van der Waals surface area contributed by atoms with Crippen molar-refractivity contribution in [1.82, 2.24) is 9.47 Å². The first-order valence-corrected chi connectivity index (χ1v) is 10.0. The molecule has 27 heavy (non-hydrogen) atoms. The Hall–Kier alpha value is -2.14. The van der Waals surface area contributed by atoms with E-state index in [4.69, 9.17) is 4.74 Å². The molecule has 1 aromatic heterocycles. The molecule has 1 aromatic carbocycles. The second-order valence-corrected chi connectivity index (χ2v) is 7.95. The van der Waals surface area contributed by atoms with Crippen LogP contribution in [0.15, 0.2) is 35.1 Å². The number of aryl methyl sites for hydroxylation is 1. The number of pyridine rings is 1. The van der Waals surface area contributed by atoms with E-state index in [2.05, 4.69) is 11.8 Å². The summed E-state index contributed by atoms with van der Waals surface area (Å²) in [6.07, 6.45) is 3.74. The second-order valence-electron chi connectivity index (χ2n) is 7.95. The number of rotatable bonds is 5. The Bertz CT molecular complexity index is 935. The van der Waals surface area contributed by atoms with E-state index in [0.717, 1.165) is 42.1 Å². The lowest BCUT2D eigenvalue weighted by atomic mass is 9.72. The molecule has 0 aliphatic carbocycles. The Morgan fingerprint density at radius 3 is 2.78 bits per heavy atom. The molecular formula is C22H28N2O3. The monoisotopic (exact) mass is 368 g/mol. The Morgan fingerprint density at radius 2 is 2.04 bits per heavy atom. The van der Waals surface area contributed by atoms with E-state index in [0.29, 0.717) is 19.2 Å². The van der Waals surface area contributed by atoms with Crippen LogP contribution < -0.4 is 5.56 Å². The molecule has 2 aliphatic heterocycles. The third-order valence-corrected chi connectivity index (χ3v) is 6.75. The van der Waals surface area contributed by atoms with Gasteiger partial charge in [0.25, 0.3) is 5.56 Å². The number of hydrogen-bond acceptors (Lipinski definition) is 4. The topological polar surface area (TPSA) is 51.5 Å². The van der Waals surface area contributed by atoms with Gasteiger partial charge in [0.2, 0.25) is 0 Å². The van der Waals surface area contributed by atoms with Crippen molar-refractivity contribution < 1.29 is 9.53 Å². The third-order valence-electron chi connectivity index (χ3n) is 6.75. The minimum absolute atomic E-state index is 0.0539. The van der Waals surface area contributed by atoms with Crippen molar-refractivity contribution in [1.29, 1.82) is 0 Å². The van der Waals surface area contributed by atoms with Crippen molar-refractivity contribution in [2.75, 3.05) is 6.61 Å². The molecule has 0 amide bonds. The molecule has 2 saturated heterocycles. The van der Waals surface area contributed by atoms with Gasteiger partial charge in [0, 0.05) is 31.2 Å². The van der Waals surface area contributed by atoms with E-state index in [1.165, 1.54) is 0 Å². The van der Waals surface area contributed by atoms with Crippen LogP contribution in [0.3, 0.4) is 0 Å². The zero-order valence-corrected chi connectivity index (χ0v) is 16.4. The zero-order valence-electron chi connectivity index (χ0n) is 16.4. The van der Waals surface area contributed by atoms with Gasteiger partial charge in [-0.15, -0.1) is 0 Å². The molecule has 2 bridgehead atoms. The summed E-state index contributed by atoms with van der Waals surface area (Å²) in [7, 11) is 1.84. The largest absolute Gasteiger partial charge is 0.466 e. The van der Waals surface area contributed by atoms with Crippen LogP contribution in [0.25, 0.3) is 10.9 Å². The number of para-hydroxylation sites is 1. The summed E-state index contributed by atoms with van der Waals surface area (Å²) in [6, 6.07) is 10.5. The molecule has 2 aliphatic rings. The summed E-state index contributed by atoms with van der Waals surface area (Å²) in [5.74, 6) is -0.0592. The van der Waals surface area contributed by atoms with Crippen molar-refractivity contribution >= 4 is 16.9 Å². The Labute approximate surface area is 159 Å². The van der Waals surface area contributed by atoms with Crippen LogP contribution in [-0.4, -0.2) is 34.1 Å². The first-order chi connectivity index (χ1) is 13.0. The highest BCUT2D eigenvalue weighted by Crippen LogP contribution is 2.52. The van der Waals surface area contributed by atoms with Crippen LogP contribution in [0.5, 0.6) is 0 Å². The van der Waals surface area contributed by atoms with E-state index < -0.39 is 5.41 Å². The van der Waals surface area contributed by atoms with E-state index >= 15 is 0 Å². The molecule has 3 heterocycles. The van der Waals surface area contributed by atoms with Gasteiger partial charge in [-0.05, 0) is 50.1 Å². The Balaban J connectivity index is 1.68. The van der Waals surface area contributed by atoms with Crippen LogP contribution >= 0.6 is 0 Å². The van der Waals surface area contributed by atoms with Gasteiger partial charge in [-0.1, -0.05) is 25.1 Å². The predicted molar refractivity (Wildman–Crippen MR) is 106 cm³/mol. The summed E-state index contributed by atoms with van der Waals surface area (Å²) >= 11 is 0. The summed E-state index contributed by atoms with van der Waals surface area (Å²) in [5.41, 5.74) is 1.40. The van der Waals surface area contributed by atoms with E-state index in [1.54, 1.807) is 4.57 Å². The minimum atomic E-state index is -0.416. The van der Waals surface area contributed by atoms with Crippen molar-refractivity contribution in [3.8, 4) is 0 Å². The molecule has 0 spiro atoms. The fourth-order valence-electron chi connectivity index (χ4n) is 5.36. The minimum Gasteiger partial charge on any atom is -0.466 e. The molecule has 2 fully saturated rings. The number of esters is 1. The SMILES string of the molecule is CCOC(=O)[C@]1(CC)C[C@@H]2CC[C@H]1N2Cc1cc2ccccc2n(C)c1=O. The highest BCUT2D eigenvalue weighted by molar-refractivity contribution is 5.80. The Kier molecular flexibility index (Phi) is 4.58. The average Bonchev–Trinajstić information content (AvgIpc) is 3.21.